The molecular formula is C10H14N2O4S. The van der Waals surface area contributed by atoms with Gasteiger partial charge in [-0.25, -0.2) is 18.6 Å². The zero-order chi connectivity index (χ0) is 12.9. The van der Waals surface area contributed by atoms with Gasteiger partial charge in [0.05, 0.1) is 11.5 Å². The highest BCUT2D eigenvalue weighted by Crippen LogP contribution is 2.09. The van der Waals surface area contributed by atoms with E-state index in [4.69, 9.17) is 0 Å². The second-order valence-corrected chi connectivity index (χ2v) is 4.95. The molecule has 0 aliphatic carbocycles. The molecule has 0 aliphatic rings. The van der Waals surface area contributed by atoms with Crippen molar-refractivity contribution < 1.29 is 17.9 Å². The average molecular weight is 258 g/mol. The molecule has 0 radical (unpaired) electrons. The quantitative estimate of drug-likeness (QED) is 0.787. The maximum Gasteiger partial charge on any atom is 0.422 e. The lowest BCUT2D eigenvalue weighted by Gasteiger charge is -2.08. The first-order valence-corrected chi connectivity index (χ1v) is 6.45. The van der Waals surface area contributed by atoms with Crippen molar-refractivity contribution in [3.8, 4) is 0 Å². The van der Waals surface area contributed by atoms with Gasteiger partial charge in [0, 0.05) is 0 Å². The van der Waals surface area contributed by atoms with Gasteiger partial charge in [-0.3, -0.25) is 0 Å². The number of aryl methyl sites for hydroxylation is 1. The van der Waals surface area contributed by atoms with E-state index < -0.39 is 16.1 Å². The summed E-state index contributed by atoms with van der Waals surface area (Å²) in [4.78, 5) is 12.9. The fourth-order valence-electron chi connectivity index (χ4n) is 1.12. The van der Waals surface area contributed by atoms with Crippen molar-refractivity contribution >= 4 is 16.1 Å². The van der Waals surface area contributed by atoms with Crippen molar-refractivity contribution in [1.82, 2.24) is 10.3 Å². The maximum absolute atomic E-state index is 11.7. The van der Waals surface area contributed by atoms with E-state index in [1.54, 1.807) is 26.0 Å². The molecule has 0 heterocycles. The summed E-state index contributed by atoms with van der Waals surface area (Å²) >= 11 is 0. The van der Waals surface area contributed by atoms with Crippen LogP contribution in [0.2, 0.25) is 0 Å². The van der Waals surface area contributed by atoms with Crippen LogP contribution < -0.4 is 10.3 Å². The van der Waals surface area contributed by atoms with Gasteiger partial charge in [0.2, 0.25) is 0 Å². The number of hydrazine groups is 1. The number of ether oxygens (including phenoxy) is 1. The zero-order valence-corrected chi connectivity index (χ0v) is 10.4. The Morgan fingerprint density at radius 1 is 1.41 bits per heavy atom. The molecule has 0 saturated heterocycles. The molecule has 0 fully saturated rings. The van der Waals surface area contributed by atoms with Crippen LogP contribution >= 0.6 is 0 Å². The van der Waals surface area contributed by atoms with Crippen LogP contribution in [0.3, 0.4) is 0 Å². The van der Waals surface area contributed by atoms with Gasteiger partial charge in [0.1, 0.15) is 0 Å². The number of hydrogen-bond donors (Lipinski definition) is 2. The van der Waals surface area contributed by atoms with Crippen LogP contribution in [-0.4, -0.2) is 21.1 Å². The van der Waals surface area contributed by atoms with Crippen molar-refractivity contribution in [2.75, 3.05) is 6.61 Å². The lowest BCUT2D eigenvalue weighted by molar-refractivity contribution is 0.150. The number of sulfonamides is 1. The molecule has 0 unspecified atom stereocenters. The molecule has 7 heteroatoms. The van der Waals surface area contributed by atoms with Crippen LogP contribution in [0.5, 0.6) is 0 Å². The van der Waals surface area contributed by atoms with E-state index in [0.29, 0.717) is 0 Å². The van der Waals surface area contributed by atoms with Crippen LogP contribution in [0.1, 0.15) is 12.5 Å². The number of hydrogen-bond acceptors (Lipinski definition) is 4. The number of benzene rings is 1. The minimum atomic E-state index is -3.76. The van der Waals surface area contributed by atoms with Crippen molar-refractivity contribution in [1.29, 1.82) is 0 Å². The predicted octanol–water partition coefficient (Wildman–Crippen LogP) is 0.934. The molecule has 1 amide bonds. The molecule has 1 aromatic carbocycles. The molecule has 0 aliphatic heterocycles. The minimum absolute atomic E-state index is 0.0781. The number of carbonyl (C=O) groups is 1. The second kappa shape index (κ2) is 5.65. The summed E-state index contributed by atoms with van der Waals surface area (Å²) in [5, 5.41) is 0. The third-order valence-electron chi connectivity index (χ3n) is 1.86. The number of carbonyl (C=O) groups excluding carboxylic acids is 1. The first kappa shape index (κ1) is 13.5. The average Bonchev–Trinajstić information content (AvgIpc) is 2.27. The van der Waals surface area contributed by atoms with E-state index in [1.165, 1.54) is 12.1 Å². The molecule has 0 atom stereocenters. The predicted molar refractivity (Wildman–Crippen MR) is 61.7 cm³/mol. The van der Waals surface area contributed by atoms with Gasteiger partial charge < -0.3 is 4.74 Å². The Bertz CT molecular complexity index is 499. The number of amides is 1. The smallest absolute Gasteiger partial charge is 0.422 e. The van der Waals surface area contributed by atoms with E-state index in [9.17, 15) is 13.2 Å². The van der Waals surface area contributed by atoms with Crippen LogP contribution in [0.15, 0.2) is 29.2 Å². The SMILES string of the molecule is CCOC(=O)NNS(=O)(=O)c1cccc(C)c1. The third kappa shape index (κ3) is 4.04. The van der Waals surface area contributed by atoms with Crippen molar-refractivity contribution in [3.05, 3.63) is 29.8 Å². The van der Waals surface area contributed by atoms with E-state index in [2.05, 4.69) is 4.74 Å². The van der Waals surface area contributed by atoms with Gasteiger partial charge in [-0.2, -0.15) is 0 Å². The van der Waals surface area contributed by atoms with E-state index in [1.807, 2.05) is 10.3 Å². The highest BCUT2D eigenvalue weighted by Gasteiger charge is 2.14. The Kier molecular flexibility index (Phi) is 4.47. The summed E-state index contributed by atoms with van der Waals surface area (Å²) in [7, 11) is -3.76. The molecule has 94 valence electrons. The van der Waals surface area contributed by atoms with E-state index in [-0.39, 0.29) is 11.5 Å². The molecule has 17 heavy (non-hydrogen) atoms. The Morgan fingerprint density at radius 3 is 2.71 bits per heavy atom. The highest BCUT2D eigenvalue weighted by molar-refractivity contribution is 7.89. The molecule has 6 nitrogen and oxygen atoms in total. The molecular weight excluding hydrogens is 244 g/mol. The molecule has 1 rings (SSSR count). The second-order valence-electron chi connectivity index (χ2n) is 3.27. The first-order valence-electron chi connectivity index (χ1n) is 4.97. The Labute approximate surface area is 100.0 Å². The highest BCUT2D eigenvalue weighted by atomic mass is 32.2. The lowest BCUT2D eigenvalue weighted by Crippen LogP contribution is -2.41. The lowest BCUT2D eigenvalue weighted by atomic mass is 10.2. The maximum atomic E-state index is 11.7. The summed E-state index contributed by atoms with van der Waals surface area (Å²) in [5.41, 5.74) is 2.75. The molecule has 2 N–H and O–H groups in total. The molecule has 0 spiro atoms. The topological polar surface area (TPSA) is 84.5 Å². The Balaban J connectivity index is 2.73. The van der Waals surface area contributed by atoms with Gasteiger partial charge in [-0.1, -0.05) is 12.1 Å². The van der Waals surface area contributed by atoms with Gasteiger partial charge >= 0.3 is 6.09 Å². The largest absolute Gasteiger partial charge is 0.449 e. The van der Waals surface area contributed by atoms with Crippen molar-refractivity contribution in [2.45, 2.75) is 18.7 Å². The Hall–Kier alpha value is -1.60. The molecule has 0 bridgehead atoms. The fourth-order valence-corrected chi connectivity index (χ4v) is 2.05. The van der Waals surface area contributed by atoms with Gasteiger partial charge in [-0.05, 0) is 31.5 Å². The summed E-state index contributed by atoms with van der Waals surface area (Å²) in [6.07, 6.45) is -0.844. The van der Waals surface area contributed by atoms with Crippen LogP contribution in [0.4, 0.5) is 4.79 Å². The molecule has 0 aromatic heterocycles. The normalized spacial score (nSPS) is 10.9. The zero-order valence-electron chi connectivity index (χ0n) is 9.56. The van der Waals surface area contributed by atoms with E-state index >= 15 is 0 Å². The van der Waals surface area contributed by atoms with Crippen LogP contribution in [0.25, 0.3) is 0 Å². The fraction of sp³-hybridized carbons (Fsp3) is 0.300. The summed E-state index contributed by atoms with van der Waals surface area (Å²) in [6.45, 7) is 3.56. The van der Waals surface area contributed by atoms with Gasteiger partial charge in [0.15, 0.2) is 0 Å². The number of rotatable bonds is 4. The monoisotopic (exact) mass is 258 g/mol. The van der Waals surface area contributed by atoms with Crippen LogP contribution in [-0.2, 0) is 14.8 Å². The van der Waals surface area contributed by atoms with Crippen LogP contribution in [0, 0.1) is 6.92 Å². The van der Waals surface area contributed by atoms with Gasteiger partial charge in [-0.15, -0.1) is 4.83 Å². The number of nitrogens with one attached hydrogen (secondary N) is 2. The summed E-state index contributed by atoms with van der Waals surface area (Å²) in [6, 6.07) is 6.32. The van der Waals surface area contributed by atoms with Crippen molar-refractivity contribution in [3.63, 3.8) is 0 Å². The molecule has 1 aromatic rings. The van der Waals surface area contributed by atoms with Crippen molar-refractivity contribution in [2.24, 2.45) is 0 Å². The van der Waals surface area contributed by atoms with Gasteiger partial charge in [0.25, 0.3) is 10.0 Å². The van der Waals surface area contributed by atoms with E-state index in [0.717, 1.165) is 5.56 Å². The third-order valence-corrected chi connectivity index (χ3v) is 3.11. The summed E-state index contributed by atoms with van der Waals surface area (Å²) < 4.78 is 27.9. The Morgan fingerprint density at radius 2 is 2.12 bits per heavy atom. The molecule has 0 saturated carbocycles. The summed E-state index contributed by atoms with van der Waals surface area (Å²) in [5.74, 6) is 0. The first-order chi connectivity index (χ1) is 7.95. The minimum Gasteiger partial charge on any atom is -0.449 e. The standard InChI is InChI=1S/C10H14N2O4S/c1-3-16-10(13)11-12-17(14,15)9-6-4-5-8(2)7-9/h4-7,12H,3H2,1-2H3,(H,11,13).